The van der Waals surface area contributed by atoms with Gasteiger partial charge in [-0.2, -0.15) is 0 Å². The summed E-state index contributed by atoms with van der Waals surface area (Å²) >= 11 is 0. The molecule has 0 unspecified atom stereocenters. The van der Waals surface area contributed by atoms with Crippen LogP contribution in [0.3, 0.4) is 0 Å². The smallest absolute Gasteiger partial charge is 0.309 e. The number of methoxy groups -OCH3 is 1. The Labute approximate surface area is 192 Å². The fourth-order valence-electron chi connectivity index (χ4n) is 4.62. The van der Waals surface area contributed by atoms with Crippen LogP contribution in [-0.4, -0.2) is 37.0 Å². The summed E-state index contributed by atoms with van der Waals surface area (Å²) in [6.45, 7) is 11.1. The Balaban J connectivity index is 1.97. The zero-order valence-electron chi connectivity index (χ0n) is 20.5. The van der Waals surface area contributed by atoms with Crippen LogP contribution in [0.2, 0.25) is 0 Å². The van der Waals surface area contributed by atoms with Gasteiger partial charge in [-0.15, -0.1) is 0 Å². The first-order chi connectivity index (χ1) is 15.0. The molecule has 178 valence electrons. The largest absolute Gasteiger partial charge is 0.497 e. The Bertz CT molecular complexity index is 818. The topological polar surface area (TPSA) is 78.9 Å². The van der Waals surface area contributed by atoms with Crippen LogP contribution in [0, 0.1) is 17.8 Å². The Morgan fingerprint density at radius 2 is 1.81 bits per heavy atom. The Hall–Kier alpha value is -2.37. The summed E-state index contributed by atoms with van der Waals surface area (Å²) < 4.78 is 16.4. The van der Waals surface area contributed by atoms with E-state index < -0.39 is 6.10 Å². The fourth-order valence-corrected chi connectivity index (χ4v) is 4.62. The van der Waals surface area contributed by atoms with E-state index in [1.807, 2.05) is 13.8 Å². The third-order valence-corrected chi connectivity index (χ3v) is 6.58. The van der Waals surface area contributed by atoms with E-state index in [0.29, 0.717) is 17.8 Å². The highest BCUT2D eigenvalue weighted by molar-refractivity contribution is 5.98. The lowest BCUT2D eigenvalue weighted by atomic mass is 9.75. The van der Waals surface area contributed by atoms with E-state index in [1.165, 1.54) is 25.2 Å². The second kappa shape index (κ2) is 11.5. The van der Waals surface area contributed by atoms with E-state index >= 15 is 0 Å². The predicted molar refractivity (Wildman–Crippen MR) is 123 cm³/mol. The molecule has 5 atom stereocenters. The number of hydrogen-bond donors (Lipinski definition) is 0. The molecule has 0 amide bonds. The molecule has 1 saturated heterocycles. The van der Waals surface area contributed by atoms with E-state index in [1.54, 1.807) is 6.92 Å². The highest BCUT2D eigenvalue weighted by Crippen LogP contribution is 2.37. The molecule has 1 fully saturated rings. The quantitative estimate of drug-likeness (QED) is 0.363. The lowest BCUT2D eigenvalue weighted by Crippen LogP contribution is -2.41. The van der Waals surface area contributed by atoms with E-state index in [4.69, 9.17) is 14.2 Å². The summed E-state index contributed by atoms with van der Waals surface area (Å²) in [6, 6.07) is 0. The minimum Gasteiger partial charge on any atom is -0.497 e. The molecule has 0 spiro atoms. The predicted octanol–water partition coefficient (Wildman–Crippen LogP) is 5.08. The summed E-state index contributed by atoms with van der Waals surface area (Å²) in [5, 5.41) is 0. The van der Waals surface area contributed by atoms with Gasteiger partial charge in [0.15, 0.2) is 11.9 Å². The first kappa shape index (κ1) is 25.9. The van der Waals surface area contributed by atoms with Crippen LogP contribution in [0.4, 0.5) is 0 Å². The maximum atomic E-state index is 12.7. The van der Waals surface area contributed by atoms with Gasteiger partial charge in [-0.1, -0.05) is 37.1 Å². The van der Waals surface area contributed by atoms with E-state index in [0.717, 1.165) is 25.7 Å². The van der Waals surface area contributed by atoms with Crippen LogP contribution in [0.1, 0.15) is 73.6 Å². The highest BCUT2D eigenvalue weighted by atomic mass is 16.6. The molecule has 6 heteroatoms. The first-order valence-corrected chi connectivity index (χ1v) is 11.5. The minimum absolute atomic E-state index is 0.0000949. The number of ether oxygens (including phenoxy) is 3. The number of carbonyl (C=O) groups is 3. The van der Waals surface area contributed by atoms with Gasteiger partial charge in [0.2, 0.25) is 0 Å². The van der Waals surface area contributed by atoms with Gasteiger partial charge in [-0.05, 0) is 46.5 Å². The van der Waals surface area contributed by atoms with Gasteiger partial charge in [0.05, 0.1) is 13.0 Å². The van der Waals surface area contributed by atoms with E-state index in [-0.39, 0.29) is 41.6 Å². The van der Waals surface area contributed by atoms with Crippen LogP contribution < -0.4 is 0 Å². The van der Waals surface area contributed by atoms with E-state index in [9.17, 15) is 14.4 Å². The van der Waals surface area contributed by atoms with Gasteiger partial charge in [-0.3, -0.25) is 14.4 Å². The highest BCUT2D eigenvalue weighted by Gasteiger charge is 2.42. The summed E-state index contributed by atoms with van der Waals surface area (Å²) in [6.07, 6.45) is 7.82. The third kappa shape index (κ3) is 6.57. The van der Waals surface area contributed by atoms with Crippen molar-refractivity contribution in [2.45, 2.75) is 85.9 Å². The average molecular weight is 447 g/mol. The van der Waals surface area contributed by atoms with Crippen molar-refractivity contribution in [3.05, 3.63) is 34.6 Å². The summed E-state index contributed by atoms with van der Waals surface area (Å²) in [5.74, 6) is -0.378. The zero-order chi connectivity index (χ0) is 24.0. The monoisotopic (exact) mass is 446 g/mol. The van der Waals surface area contributed by atoms with Crippen LogP contribution in [0.25, 0.3) is 0 Å². The third-order valence-electron chi connectivity index (χ3n) is 6.58. The zero-order valence-corrected chi connectivity index (χ0v) is 20.5. The number of carbonyl (C=O) groups excluding carboxylic acids is 3. The van der Waals surface area contributed by atoms with Crippen molar-refractivity contribution in [1.29, 1.82) is 0 Å². The van der Waals surface area contributed by atoms with Gasteiger partial charge in [0, 0.05) is 30.8 Å². The van der Waals surface area contributed by atoms with Crippen molar-refractivity contribution in [3.63, 3.8) is 0 Å². The second-order valence-corrected chi connectivity index (χ2v) is 9.32. The van der Waals surface area contributed by atoms with Crippen LogP contribution in [-0.2, 0) is 28.6 Å². The van der Waals surface area contributed by atoms with Crippen LogP contribution in [0.5, 0.6) is 0 Å². The molecular weight excluding hydrogens is 408 g/mol. The first-order valence-electron chi connectivity index (χ1n) is 11.5. The lowest BCUT2D eigenvalue weighted by Gasteiger charge is -2.36. The molecule has 0 aromatic rings. The van der Waals surface area contributed by atoms with Crippen LogP contribution in [0.15, 0.2) is 34.6 Å². The lowest BCUT2D eigenvalue weighted by molar-refractivity contribution is -0.152. The van der Waals surface area contributed by atoms with Gasteiger partial charge >= 0.3 is 11.9 Å². The van der Waals surface area contributed by atoms with Crippen molar-refractivity contribution >= 4 is 17.7 Å². The van der Waals surface area contributed by atoms with Crippen molar-refractivity contribution < 1.29 is 28.6 Å². The number of cyclic esters (lactones) is 1. The number of Topliss-reactive ketones (excluding diaryl/α,β-unsaturated/α-hetero) is 1. The molecule has 32 heavy (non-hydrogen) atoms. The van der Waals surface area contributed by atoms with Gasteiger partial charge in [0.25, 0.3) is 0 Å². The van der Waals surface area contributed by atoms with Crippen molar-refractivity contribution in [2.75, 3.05) is 7.11 Å². The molecule has 1 aliphatic heterocycles. The van der Waals surface area contributed by atoms with Crippen molar-refractivity contribution in [1.82, 2.24) is 0 Å². The van der Waals surface area contributed by atoms with E-state index in [2.05, 4.69) is 26.0 Å². The Kier molecular flexibility index (Phi) is 9.29. The number of ketones is 1. The standard InChI is InChI=1S/C26H38O6/c1-15(9-8-10-16(2)13-21-14-17(3)26(29)32-21)11-12-22-18(4)23(28)19(5)24(30-7)25(22)31-20(6)27/h10-11,17-18,21-22,25H,8-9,12-14H2,1-7H3/b15-11+,16-10+/t17-,18+,21-,22+,25+/m0/s1. The molecule has 2 aliphatic rings. The molecule has 1 heterocycles. The average Bonchev–Trinajstić information content (AvgIpc) is 3.02. The maximum absolute atomic E-state index is 12.7. The molecule has 0 bridgehead atoms. The van der Waals surface area contributed by atoms with Gasteiger partial charge in [0.1, 0.15) is 11.9 Å². The summed E-state index contributed by atoms with van der Waals surface area (Å²) in [4.78, 5) is 35.9. The molecule has 0 N–H and O–H groups in total. The molecule has 0 aromatic heterocycles. The number of hydrogen-bond acceptors (Lipinski definition) is 6. The number of esters is 2. The molecule has 0 aromatic carbocycles. The van der Waals surface area contributed by atoms with Gasteiger partial charge < -0.3 is 14.2 Å². The number of allylic oxidation sites excluding steroid dienone is 4. The molecule has 6 nitrogen and oxygen atoms in total. The Morgan fingerprint density at radius 3 is 2.38 bits per heavy atom. The minimum atomic E-state index is -0.548. The maximum Gasteiger partial charge on any atom is 0.309 e. The summed E-state index contributed by atoms with van der Waals surface area (Å²) in [5.41, 5.74) is 2.99. The molecular formula is C26H38O6. The number of rotatable bonds is 9. The molecule has 2 rings (SSSR count). The van der Waals surface area contributed by atoms with Gasteiger partial charge in [-0.25, -0.2) is 0 Å². The molecule has 0 radical (unpaired) electrons. The Morgan fingerprint density at radius 1 is 1.12 bits per heavy atom. The fraction of sp³-hybridized carbons (Fsp3) is 0.654. The normalized spacial score (nSPS) is 29.3. The SMILES string of the molecule is COC1=C(C)C(=O)[C@H](C)[C@@H](C/C=C(\C)CC/C=C(\C)C[C@H]2C[C@H](C)C(=O)O2)[C@H]1OC(C)=O. The second-order valence-electron chi connectivity index (χ2n) is 9.32. The summed E-state index contributed by atoms with van der Waals surface area (Å²) in [7, 11) is 1.51. The van der Waals surface area contributed by atoms with Crippen molar-refractivity contribution in [2.24, 2.45) is 17.8 Å². The molecule has 1 aliphatic carbocycles. The molecule has 0 saturated carbocycles. The van der Waals surface area contributed by atoms with Crippen molar-refractivity contribution in [3.8, 4) is 0 Å². The van der Waals surface area contributed by atoms with Crippen LogP contribution >= 0.6 is 0 Å².